The van der Waals surface area contributed by atoms with Gasteiger partial charge in [-0.2, -0.15) is 0 Å². The van der Waals surface area contributed by atoms with Gasteiger partial charge in [0.25, 0.3) is 0 Å². The van der Waals surface area contributed by atoms with Crippen LogP contribution in [0.2, 0.25) is 0 Å². The predicted octanol–water partition coefficient (Wildman–Crippen LogP) is 3.19. The van der Waals surface area contributed by atoms with Crippen LogP contribution in [0.1, 0.15) is 25.3 Å². The molecule has 0 aliphatic heterocycles. The number of ether oxygens (including phenoxy) is 2. The van der Waals surface area contributed by atoms with Gasteiger partial charge in [-0.25, -0.2) is 0 Å². The fraction of sp³-hybridized carbons (Fsp3) is 0.500. The molecule has 0 bridgehead atoms. The van der Waals surface area contributed by atoms with Crippen molar-refractivity contribution in [2.45, 2.75) is 26.2 Å². The second-order valence-corrected chi connectivity index (χ2v) is 5.66. The lowest BCUT2D eigenvalue weighted by molar-refractivity contribution is -0.142. The summed E-state index contributed by atoms with van der Waals surface area (Å²) >= 11 is 2.25. The van der Waals surface area contributed by atoms with Crippen LogP contribution in [0.15, 0.2) is 18.2 Å². The highest BCUT2D eigenvalue weighted by molar-refractivity contribution is 14.1. The van der Waals surface area contributed by atoms with E-state index in [2.05, 4.69) is 22.6 Å². The fourth-order valence-electron chi connectivity index (χ4n) is 1.64. The molecule has 0 aromatic heterocycles. The van der Waals surface area contributed by atoms with E-state index in [1.54, 1.807) is 0 Å². The Morgan fingerprint density at radius 2 is 2.22 bits per heavy atom. The van der Waals surface area contributed by atoms with Crippen LogP contribution in [0.3, 0.4) is 0 Å². The van der Waals surface area contributed by atoms with E-state index >= 15 is 0 Å². The zero-order valence-corrected chi connectivity index (χ0v) is 12.6. The summed E-state index contributed by atoms with van der Waals surface area (Å²) in [5, 5.41) is 0. The van der Waals surface area contributed by atoms with E-state index in [4.69, 9.17) is 9.47 Å². The molecule has 0 radical (unpaired) electrons. The Labute approximate surface area is 121 Å². The summed E-state index contributed by atoms with van der Waals surface area (Å²) < 4.78 is 11.8. The first-order chi connectivity index (χ1) is 8.69. The standard InChI is InChI=1S/C14H17IO3/c1-2-17-14(16)8-11-5-6-12(15)13(7-11)18-9-10-3-4-10/h5-7,10H,2-4,8-9H2,1H3. The number of hydrogen-bond donors (Lipinski definition) is 0. The highest BCUT2D eigenvalue weighted by atomic mass is 127. The van der Waals surface area contributed by atoms with Crippen LogP contribution < -0.4 is 4.74 Å². The molecule has 1 aromatic carbocycles. The topological polar surface area (TPSA) is 35.5 Å². The SMILES string of the molecule is CCOC(=O)Cc1ccc(I)c(OCC2CC2)c1. The van der Waals surface area contributed by atoms with E-state index in [1.165, 1.54) is 12.8 Å². The number of benzene rings is 1. The van der Waals surface area contributed by atoms with Gasteiger partial charge >= 0.3 is 5.97 Å². The van der Waals surface area contributed by atoms with Gasteiger partial charge in [-0.15, -0.1) is 0 Å². The second-order valence-electron chi connectivity index (χ2n) is 4.50. The average molecular weight is 360 g/mol. The number of hydrogen-bond acceptors (Lipinski definition) is 3. The Kier molecular flexibility index (Phi) is 4.86. The third-order valence-corrected chi connectivity index (χ3v) is 3.71. The molecule has 0 unspecified atom stereocenters. The minimum absolute atomic E-state index is 0.188. The number of esters is 1. The van der Waals surface area contributed by atoms with Gasteiger partial charge in [0.15, 0.2) is 0 Å². The lowest BCUT2D eigenvalue weighted by atomic mass is 10.1. The van der Waals surface area contributed by atoms with Crippen LogP contribution >= 0.6 is 22.6 Å². The maximum Gasteiger partial charge on any atom is 0.310 e. The smallest absolute Gasteiger partial charge is 0.310 e. The van der Waals surface area contributed by atoms with Crippen molar-refractivity contribution in [1.82, 2.24) is 0 Å². The van der Waals surface area contributed by atoms with Crippen molar-refractivity contribution in [2.24, 2.45) is 5.92 Å². The van der Waals surface area contributed by atoms with Gasteiger partial charge in [-0.1, -0.05) is 6.07 Å². The number of carbonyl (C=O) groups is 1. The minimum Gasteiger partial charge on any atom is -0.492 e. The summed E-state index contributed by atoms with van der Waals surface area (Å²) in [5.41, 5.74) is 0.944. The van der Waals surface area contributed by atoms with Crippen LogP contribution in [-0.4, -0.2) is 19.2 Å². The molecule has 1 aliphatic carbocycles. The largest absolute Gasteiger partial charge is 0.492 e. The summed E-state index contributed by atoms with van der Waals surface area (Å²) in [5.74, 6) is 1.42. The van der Waals surface area contributed by atoms with Crippen LogP contribution in [0.25, 0.3) is 0 Å². The van der Waals surface area contributed by atoms with Gasteiger partial charge in [-0.3, -0.25) is 4.79 Å². The molecule has 4 heteroatoms. The summed E-state index contributed by atoms with van der Waals surface area (Å²) in [6.45, 7) is 3.03. The first-order valence-electron chi connectivity index (χ1n) is 6.26. The Morgan fingerprint density at radius 3 is 2.89 bits per heavy atom. The molecule has 18 heavy (non-hydrogen) atoms. The molecule has 0 N–H and O–H groups in total. The van der Waals surface area contributed by atoms with Gasteiger partial charge in [0.05, 0.1) is 23.2 Å². The van der Waals surface area contributed by atoms with Crippen molar-refractivity contribution < 1.29 is 14.3 Å². The van der Waals surface area contributed by atoms with Gasteiger partial charge in [-0.05, 0) is 66.0 Å². The van der Waals surface area contributed by atoms with E-state index in [-0.39, 0.29) is 5.97 Å². The molecule has 1 fully saturated rings. The highest BCUT2D eigenvalue weighted by Gasteiger charge is 2.22. The summed E-state index contributed by atoms with van der Waals surface area (Å²) in [6.07, 6.45) is 2.86. The minimum atomic E-state index is -0.188. The van der Waals surface area contributed by atoms with E-state index in [0.29, 0.717) is 13.0 Å². The lowest BCUT2D eigenvalue weighted by Gasteiger charge is -2.09. The lowest BCUT2D eigenvalue weighted by Crippen LogP contribution is -2.08. The van der Waals surface area contributed by atoms with E-state index < -0.39 is 0 Å². The average Bonchev–Trinajstić information content (AvgIpc) is 3.14. The predicted molar refractivity (Wildman–Crippen MR) is 77.7 cm³/mol. The van der Waals surface area contributed by atoms with Gasteiger partial charge in [0, 0.05) is 0 Å². The van der Waals surface area contributed by atoms with Gasteiger partial charge in [0.1, 0.15) is 5.75 Å². The molecule has 1 aliphatic rings. The molecule has 0 heterocycles. The molecule has 0 spiro atoms. The maximum absolute atomic E-state index is 11.4. The molecule has 3 nitrogen and oxygen atoms in total. The number of carbonyl (C=O) groups excluding carboxylic acids is 1. The zero-order chi connectivity index (χ0) is 13.0. The van der Waals surface area contributed by atoms with Gasteiger partial charge in [0.2, 0.25) is 0 Å². The molecular weight excluding hydrogens is 343 g/mol. The highest BCUT2D eigenvalue weighted by Crippen LogP contribution is 2.31. The normalized spacial score (nSPS) is 14.3. The zero-order valence-electron chi connectivity index (χ0n) is 10.4. The van der Waals surface area contributed by atoms with Gasteiger partial charge < -0.3 is 9.47 Å². The Bertz CT molecular complexity index is 427. The molecular formula is C14H17IO3. The van der Waals surface area contributed by atoms with Crippen molar-refractivity contribution >= 4 is 28.6 Å². The van der Waals surface area contributed by atoms with E-state index in [1.807, 2.05) is 25.1 Å². The van der Waals surface area contributed by atoms with Crippen LogP contribution in [-0.2, 0) is 16.0 Å². The van der Waals surface area contributed by atoms with E-state index in [0.717, 1.165) is 27.4 Å². The van der Waals surface area contributed by atoms with E-state index in [9.17, 15) is 4.79 Å². The van der Waals surface area contributed by atoms with Crippen molar-refractivity contribution in [3.05, 3.63) is 27.3 Å². The fourth-order valence-corrected chi connectivity index (χ4v) is 2.13. The Balaban J connectivity index is 1.97. The Hall–Kier alpha value is -0.780. The molecule has 0 amide bonds. The molecule has 2 rings (SSSR count). The third kappa shape index (κ3) is 4.15. The molecule has 1 saturated carbocycles. The van der Waals surface area contributed by atoms with Crippen LogP contribution in [0.5, 0.6) is 5.75 Å². The van der Waals surface area contributed by atoms with Crippen molar-refractivity contribution in [2.75, 3.05) is 13.2 Å². The van der Waals surface area contributed by atoms with Crippen LogP contribution in [0.4, 0.5) is 0 Å². The first-order valence-corrected chi connectivity index (χ1v) is 7.33. The molecule has 0 saturated heterocycles. The summed E-state index contributed by atoms with van der Waals surface area (Å²) in [4.78, 5) is 11.4. The monoisotopic (exact) mass is 360 g/mol. The first kappa shape index (κ1) is 13.6. The number of halogens is 1. The number of rotatable bonds is 6. The molecule has 98 valence electrons. The maximum atomic E-state index is 11.4. The van der Waals surface area contributed by atoms with Crippen molar-refractivity contribution in [1.29, 1.82) is 0 Å². The summed E-state index contributed by atoms with van der Waals surface area (Å²) in [7, 11) is 0. The Morgan fingerprint density at radius 1 is 1.44 bits per heavy atom. The summed E-state index contributed by atoms with van der Waals surface area (Å²) in [6, 6.07) is 5.88. The third-order valence-electron chi connectivity index (χ3n) is 2.82. The van der Waals surface area contributed by atoms with Crippen LogP contribution in [0, 0.1) is 9.49 Å². The van der Waals surface area contributed by atoms with Crippen molar-refractivity contribution in [3.63, 3.8) is 0 Å². The quantitative estimate of drug-likeness (QED) is 0.578. The second kappa shape index (κ2) is 6.41. The van der Waals surface area contributed by atoms with Crippen molar-refractivity contribution in [3.8, 4) is 5.75 Å². The molecule has 1 aromatic rings. The molecule has 0 atom stereocenters.